The van der Waals surface area contributed by atoms with Gasteiger partial charge in [0.2, 0.25) is 0 Å². The van der Waals surface area contributed by atoms with Gasteiger partial charge in [-0.1, -0.05) is 12.1 Å². The molecule has 0 aromatic heterocycles. The van der Waals surface area contributed by atoms with Crippen LogP contribution in [-0.4, -0.2) is 77.1 Å². The van der Waals surface area contributed by atoms with Crippen LogP contribution in [0.1, 0.15) is 33.3 Å². The second-order valence-electron chi connectivity index (χ2n) is 7.86. The van der Waals surface area contributed by atoms with Crippen LogP contribution < -0.4 is 10.1 Å². The minimum absolute atomic E-state index is 0.222. The highest BCUT2D eigenvalue weighted by molar-refractivity contribution is 5.81. The van der Waals surface area contributed by atoms with Gasteiger partial charge in [-0.25, -0.2) is 9.59 Å². The highest BCUT2D eigenvalue weighted by Gasteiger charge is 2.25. The van der Waals surface area contributed by atoms with Crippen molar-refractivity contribution in [2.45, 2.75) is 45.8 Å². The van der Waals surface area contributed by atoms with E-state index in [2.05, 4.69) is 5.32 Å². The quantitative estimate of drug-likeness (QED) is 0.318. The molecule has 32 heavy (non-hydrogen) atoms. The van der Waals surface area contributed by atoms with Crippen molar-refractivity contribution >= 4 is 12.1 Å². The summed E-state index contributed by atoms with van der Waals surface area (Å²) in [4.78, 5) is 24.4. The number of rotatable bonds is 15. The molecule has 1 rings (SSSR count). The molecule has 9 nitrogen and oxygen atoms in total. The van der Waals surface area contributed by atoms with Crippen molar-refractivity contribution in [1.29, 1.82) is 0 Å². The summed E-state index contributed by atoms with van der Waals surface area (Å²) in [5.74, 6) is 0.170. The van der Waals surface area contributed by atoms with Crippen LogP contribution in [0, 0.1) is 0 Å². The molecule has 0 radical (unpaired) electrons. The number of benzene rings is 1. The molecule has 1 amide bonds. The smallest absolute Gasteiger partial charge is 0.408 e. The molecule has 9 heteroatoms. The van der Waals surface area contributed by atoms with Crippen molar-refractivity contribution in [2.75, 3.05) is 53.4 Å². The van der Waals surface area contributed by atoms with Crippen LogP contribution in [0.2, 0.25) is 0 Å². The van der Waals surface area contributed by atoms with E-state index in [9.17, 15) is 9.59 Å². The van der Waals surface area contributed by atoms with E-state index in [1.165, 1.54) is 0 Å². The molecule has 0 spiro atoms. The monoisotopic (exact) mass is 455 g/mol. The second kappa shape index (κ2) is 15.4. The van der Waals surface area contributed by atoms with Gasteiger partial charge in [-0.2, -0.15) is 0 Å². The predicted molar refractivity (Wildman–Crippen MR) is 119 cm³/mol. The van der Waals surface area contributed by atoms with E-state index >= 15 is 0 Å². The molecule has 1 atom stereocenters. The SMILES string of the molecule is CCOC(=O)C(Cc1ccc(OCCOCCOCCOC)cc1)NC(=O)OC(C)(C)C. The summed E-state index contributed by atoms with van der Waals surface area (Å²) >= 11 is 0. The fourth-order valence-corrected chi connectivity index (χ4v) is 2.53. The number of nitrogens with one attached hydrogen (secondary N) is 1. The first-order valence-corrected chi connectivity index (χ1v) is 10.8. The molecule has 1 N–H and O–H groups in total. The Bertz CT molecular complexity index is 657. The number of hydrogen-bond acceptors (Lipinski definition) is 8. The van der Waals surface area contributed by atoms with Crippen LogP contribution in [0.3, 0.4) is 0 Å². The Balaban J connectivity index is 2.45. The number of carbonyl (C=O) groups is 2. The maximum absolute atomic E-state index is 12.3. The van der Waals surface area contributed by atoms with E-state index in [0.717, 1.165) is 5.56 Å². The molecular weight excluding hydrogens is 418 g/mol. The van der Waals surface area contributed by atoms with Crippen molar-refractivity contribution in [3.63, 3.8) is 0 Å². The molecule has 0 aliphatic carbocycles. The molecule has 1 aromatic rings. The summed E-state index contributed by atoms with van der Waals surface area (Å²) in [6.45, 7) is 10.2. The van der Waals surface area contributed by atoms with Gasteiger partial charge in [-0.15, -0.1) is 0 Å². The topological polar surface area (TPSA) is 102 Å². The molecule has 0 saturated carbocycles. The van der Waals surface area contributed by atoms with Gasteiger partial charge in [0.25, 0.3) is 0 Å². The number of esters is 1. The molecule has 0 saturated heterocycles. The van der Waals surface area contributed by atoms with Crippen LogP contribution in [0.15, 0.2) is 24.3 Å². The van der Waals surface area contributed by atoms with Crippen LogP contribution in [0.5, 0.6) is 5.75 Å². The third kappa shape index (κ3) is 13.1. The summed E-state index contributed by atoms with van der Waals surface area (Å²) < 4.78 is 31.6. The fraction of sp³-hybridized carbons (Fsp3) is 0.652. The van der Waals surface area contributed by atoms with Crippen molar-refractivity contribution in [2.24, 2.45) is 0 Å². The van der Waals surface area contributed by atoms with E-state index < -0.39 is 23.7 Å². The van der Waals surface area contributed by atoms with E-state index in [1.807, 2.05) is 12.1 Å². The van der Waals surface area contributed by atoms with E-state index in [1.54, 1.807) is 46.9 Å². The Labute approximate surface area is 190 Å². The lowest BCUT2D eigenvalue weighted by Crippen LogP contribution is -2.45. The maximum atomic E-state index is 12.3. The van der Waals surface area contributed by atoms with Crippen molar-refractivity contribution in [1.82, 2.24) is 5.32 Å². The molecule has 182 valence electrons. The number of alkyl carbamates (subject to hydrolysis) is 1. The largest absolute Gasteiger partial charge is 0.491 e. The Kier molecular flexibility index (Phi) is 13.4. The molecule has 0 fully saturated rings. The van der Waals surface area contributed by atoms with Gasteiger partial charge in [0, 0.05) is 13.5 Å². The Hall–Kier alpha value is -2.36. The number of carbonyl (C=O) groups excluding carboxylic acids is 2. The Morgan fingerprint density at radius 3 is 2.09 bits per heavy atom. The van der Waals surface area contributed by atoms with Gasteiger partial charge >= 0.3 is 12.1 Å². The van der Waals surface area contributed by atoms with Gasteiger partial charge in [0.1, 0.15) is 24.0 Å². The molecule has 0 bridgehead atoms. The zero-order chi connectivity index (χ0) is 23.8. The van der Waals surface area contributed by atoms with Gasteiger partial charge in [-0.05, 0) is 45.4 Å². The standard InChI is InChI=1S/C23H37NO8/c1-6-30-21(25)20(24-22(26)32-23(2,3)4)17-18-7-9-19(10-8-18)31-16-15-29-14-13-28-12-11-27-5/h7-10,20H,6,11-17H2,1-5H3,(H,24,26). The van der Waals surface area contributed by atoms with E-state index in [0.29, 0.717) is 45.4 Å². The first-order chi connectivity index (χ1) is 15.2. The molecule has 1 aromatic carbocycles. The van der Waals surface area contributed by atoms with Gasteiger partial charge in [0.15, 0.2) is 0 Å². The fourth-order valence-electron chi connectivity index (χ4n) is 2.53. The average Bonchev–Trinajstić information content (AvgIpc) is 2.72. The molecule has 0 aliphatic rings. The lowest BCUT2D eigenvalue weighted by atomic mass is 10.1. The highest BCUT2D eigenvalue weighted by atomic mass is 16.6. The van der Waals surface area contributed by atoms with Crippen molar-refractivity contribution in [3.05, 3.63) is 29.8 Å². The van der Waals surface area contributed by atoms with Crippen molar-refractivity contribution < 1.29 is 38.0 Å². The third-order valence-electron chi connectivity index (χ3n) is 3.93. The summed E-state index contributed by atoms with van der Waals surface area (Å²) in [6, 6.07) is 6.43. The maximum Gasteiger partial charge on any atom is 0.408 e. The number of ether oxygens (including phenoxy) is 6. The van der Waals surface area contributed by atoms with E-state index in [4.69, 9.17) is 28.4 Å². The molecule has 0 heterocycles. The minimum Gasteiger partial charge on any atom is -0.491 e. The summed E-state index contributed by atoms with van der Waals surface area (Å²) in [5, 5.41) is 2.59. The minimum atomic E-state index is -0.851. The first kappa shape index (κ1) is 27.7. The van der Waals surface area contributed by atoms with Crippen LogP contribution in [-0.2, 0) is 34.9 Å². The number of amides is 1. The highest BCUT2D eigenvalue weighted by Crippen LogP contribution is 2.14. The summed E-state index contributed by atoms with van der Waals surface area (Å²) in [6.07, 6.45) is -0.399. The second-order valence-corrected chi connectivity index (χ2v) is 7.86. The van der Waals surface area contributed by atoms with Crippen molar-refractivity contribution in [3.8, 4) is 5.75 Å². The predicted octanol–water partition coefficient (Wildman–Crippen LogP) is 2.74. The molecular formula is C23H37NO8. The molecule has 1 unspecified atom stereocenters. The molecule has 0 aliphatic heterocycles. The van der Waals surface area contributed by atoms with Crippen LogP contribution >= 0.6 is 0 Å². The average molecular weight is 456 g/mol. The zero-order valence-electron chi connectivity index (χ0n) is 19.8. The lowest BCUT2D eigenvalue weighted by Gasteiger charge is -2.23. The van der Waals surface area contributed by atoms with Crippen LogP contribution in [0.4, 0.5) is 4.79 Å². The van der Waals surface area contributed by atoms with Gasteiger partial charge in [-0.3, -0.25) is 0 Å². The lowest BCUT2D eigenvalue weighted by molar-refractivity contribution is -0.145. The van der Waals surface area contributed by atoms with E-state index in [-0.39, 0.29) is 13.0 Å². The summed E-state index contributed by atoms with van der Waals surface area (Å²) in [5.41, 5.74) is 0.180. The number of methoxy groups -OCH3 is 1. The Morgan fingerprint density at radius 1 is 0.938 bits per heavy atom. The zero-order valence-corrected chi connectivity index (χ0v) is 19.8. The Morgan fingerprint density at radius 2 is 1.53 bits per heavy atom. The van der Waals surface area contributed by atoms with Crippen LogP contribution in [0.25, 0.3) is 0 Å². The van der Waals surface area contributed by atoms with Gasteiger partial charge < -0.3 is 33.7 Å². The summed E-state index contributed by atoms with van der Waals surface area (Å²) in [7, 11) is 1.63. The van der Waals surface area contributed by atoms with Gasteiger partial charge in [0.05, 0.1) is 39.6 Å². The normalized spacial score (nSPS) is 12.2. The third-order valence-corrected chi connectivity index (χ3v) is 3.93. The number of hydrogen-bond donors (Lipinski definition) is 1. The first-order valence-electron chi connectivity index (χ1n) is 10.8.